The number of allylic oxidation sites excluding steroid dienone is 3. The molecule has 0 bridgehead atoms. The van der Waals surface area contributed by atoms with Gasteiger partial charge in [0.2, 0.25) is 0 Å². The Bertz CT molecular complexity index is 998. The standard InChI is InChI=1S/C22H22N2O2/c1-3-17-13-22(20-14-18-7-4-10-24(18)15-23-20)26-21-9-8-16(12-19(17)21)6-5-11-25-2/h3-4,7-10,12-15H,5-6,11H2,1-2H3/b17-3+. The van der Waals surface area contributed by atoms with Crippen molar-refractivity contribution in [3.8, 4) is 5.75 Å². The molecule has 3 aromatic rings. The molecule has 1 aliphatic heterocycles. The number of nitrogens with zero attached hydrogens (tertiary/aromatic N) is 2. The monoisotopic (exact) mass is 346 g/mol. The molecule has 4 heteroatoms. The fourth-order valence-electron chi connectivity index (χ4n) is 3.27. The minimum atomic E-state index is 0.779. The van der Waals surface area contributed by atoms with Gasteiger partial charge in [0, 0.05) is 31.0 Å². The average molecular weight is 346 g/mol. The predicted molar refractivity (Wildman–Crippen MR) is 104 cm³/mol. The van der Waals surface area contributed by atoms with Gasteiger partial charge in [-0.2, -0.15) is 0 Å². The Morgan fingerprint density at radius 2 is 2.15 bits per heavy atom. The van der Waals surface area contributed by atoms with Crippen molar-refractivity contribution >= 4 is 16.8 Å². The van der Waals surface area contributed by atoms with Crippen molar-refractivity contribution in [3.05, 3.63) is 77.9 Å². The van der Waals surface area contributed by atoms with Crippen LogP contribution in [-0.2, 0) is 11.2 Å². The first kappa shape index (κ1) is 16.6. The number of rotatable bonds is 5. The molecule has 0 aliphatic carbocycles. The first-order valence-corrected chi connectivity index (χ1v) is 8.89. The molecular weight excluding hydrogens is 324 g/mol. The molecule has 132 valence electrons. The Kier molecular flexibility index (Phi) is 4.59. The maximum Gasteiger partial charge on any atom is 0.153 e. The summed E-state index contributed by atoms with van der Waals surface area (Å²) >= 11 is 0. The maximum absolute atomic E-state index is 6.18. The highest BCUT2D eigenvalue weighted by Crippen LogP contribution is 2.37. The van der Waals surface area contributed by atoms with Crippen molar-refractivity contribution in [1.82, 2.24) is 9.38 Å². The van der Waals surface area contributed by atoms with Crippen LogP contribution in [0.3, 0.4) is 0 Å². The molecule has 1 aliphatic rings. The average Bonchev–Trinajstić information content (AvgIpc) is 3.15. The largest absolute Gasteiger partial charge is 0.454 e. The lowest BCUT2D eigenvalue weighted by molar-refractivity contribution is 0.195. The van der Waals surface area contributed by atoms with E-state index in [0.29, 0.717) is 0 Å². The van der Waals surface area contributed by atoms with Gasteiger partial charge < -0.3 is 13.9 Å². The fraction of sp³-hybridized carbons (Fsp3) is 0.227. The zero-order valence-electron chi connectivity index (χ0n) is 15.1. The van der Waals surface area contributed by atoms with Gasteiger partial charge in [-0.1, -0.05) is 12.1 Å². The van der Waals surface area contributed by atoms with E-state index >= 15 is 0 Å². The number of fused-ring (bicyclic) bond motifs is 2. The third kappa shape index (κ3) is 3.16. The first-order chi connectivity index (χ1) is 12.8. The summed E-state index contributed by atoms with van der Waals surface area (Å²) in [5, 5.41) is 0. The molecule has 0 radical (unpaired) electrons. The molecule has 4 nitrogen and oxygen atoms in total. The van der Waals surface area contributed by atoms with Gasteiger partial charge in [0.15, 0.2) is 5.76 Å². The van der Waals surface area contributed by atoms with Crippen LogP contribution in [-0.4, -0.2) is 23.1 Å². The quantitative estimate of drug-likeness (QED) is 0.626. The zero-order chi connectivity index (χ0) is 17.9. The number of benzene rings is 1. The minimum absolute atomic E-state index is 0.779. The minimum Gasteiger partial charge on any atom is -0.454 e. The lowest BCUT2D eigenvalue weighted by atomic mass is 9.97. The molecule has 0 saturated carbocycles. The molecule has 0 amide bonds. The summed E-state index contributed by atoms with van der Waals surface area (Å²) < 4.78 is 13.3. The van der Waals surface area contributed by atoms with Crippen LogP contribution in [0.25, 0.3) is 16.8 Å². The molecule has 1 aromatic carbocycles. The van der Waals surface area contributed by atoms with Crippen LogP contribution in [0, 0.1) is 0 Å². The Morgan fingerprint density at radius 1 is 1.23 bits per heavy atom. The van der Waals surface area contributed by atoms with Crippen molar-refractivity contribution < 1.29 is 9.47 Å². The van der Waals surface area contributed by atoms with Gasteiger partial charge in [0.25, 0.3) is 0 Å². The normalized spacial score (nSPS) is 15.0. The van der Waals surface area contributed by atoms with Gasteiger partial charge in [-0.05, 0) is 67.3 Å². The highest BCUT2D eigenvalue weighted by atomic mass is 16.5. The molecule has 0 spiro atoms. The van der Waals surface area contributed by atoms with Crippen molar-refractivity contribution in [3.63, 3.8) is 0 Å². The van der Waals surface area contributed by atoms with Gasteiger partial charge in [-0.3, -0.25) is 0 Å². The zero-order valence-corrected chi connectivity index (χ0v) is 15.1. The summed E-state index contributed by atoms with van der Waals surface area (Å²) in [5.41, 5.74) is 5.53. The number of ether oxygens (including phenoxy) is 2. The van der Waals surface area contributed by atoms with Crippen molar-refractivity contribution in [1.29, 1.82) is 0 Å². The van der Waals surface area contributed by atoms with Crippen LogP contribution in [0.4, 0.5) is 0 Å². The first-order valence-electron chi connectivity index (χ1n) is 8.89. The van der Waals surface area contributed by atoms with Gasteiger partial charge >= 0.3 is 0 Å². The van der Waals surface area contributed by atoms with Crippen molar-refractivity contribution in [2.24, 2.45) is 0 Å². The van der Waals surface area contributed by atoms with E-state index in [2.05, 4.69) is 48.3 Å². The summed E-state index contributed by atoms with van der Waals surface area (Å²) in [6.45, 7) is 2.84. The molecule has 3 heterocycles. The third-order valence-corrected chi connectivity index (χ3v) is 4.66. The van der Waals surface area contributed by atoms with Gasteiger partial charge in [-0.25, -0.2) is 4.98 Å². The van der Waals surface area contributed by atoms with Gasteiger partial charge in [0.05, 0.1) is 6.33 Å². The molecule has 0 unspecified atom stereocenters. The summed E-state index contributed by atoms with van der Waals surface area (Å²) in [5.74, 6) is 1.66. The third-order valence-electron chi connectivity index (χ3n) is 4.66. The van der Waals surface area contributed by atoms with Crippen molar-refractivity contribution in [2.45, 2.75) is 19.8 Å². The summed E-state index contributed by atoms with van der Waals surface area (Å²) in [7, 11) is 1.74. The van der Waals surface area contributed by atoms with E-state index in [-0.39, 0.29) is 0 Å². The number of aromatic nitrogens is 2. The highest BCUT2D eigenvalue weighted by Gasteiger charge is 2.19. The van der Waals surface area contributed by atoms with E-state index in [1.165, 1.54) is 5.56 Å². The lowest BCUT2D eigenvalue weighted by Crippen LogP contribution is -2.06. The number of hydrogen-bond acceptors (Lipinski definition) is 3. The van der Waals surface area contributed by atoms with Crippen LogP contribution in [0.1, 0.15) is 30.2 Å². The van der Waals surface area contributed by atoms with Crippen LogP contribution in [0.5, 0.6) is 5.75 Å². The predicted octanol–water partition coefficient (Wildman–Crippen LogP) is 4.75. The van der Waals surface area contributed by atoms with E-state index in [9.17, 15) is 0 Å². The summed E-state index contributed by atoms with van der Waals surface area (Å²) in [6.07, 6.45) is 10.0. The molecule has 0 N–H and O–H groups in total. The van der Waals surface area contributed by atoms with E-state index in [1.807, 2.05) is 29.1 Å². The van der Waals surface area contributed by atoms with Crippen LogP contribution >= 0.6 is 0 Å². The maximum atomic E-state index is 6.18. The molecular formula is C22H22N2O2. The molecule has 0 atom stereocenters. The second-order valence-electron chi connectivity index (χ2n) is 6.40. The lowest BCUT2D eigenvalue weighted by Gasteiger charge is -2.21. The molecule has 0 saturated heterocycles. The van der Waals surface area contributed by atoms with Gasteiger partial charge in [-0.15, -0.1) is 0 Å². The Hall–Kier alpha value is -2.85. The van der Waals surface area contributed by atoms with E-state index in [1.54, 1.807) is 7.11 Å². The summed E-state index contributed by atoms with van der Waals surface area (Å²) in [6, 6.07) is 12.5. The van der Waals surface area contributed by atoms with Crippen LogP contribution in [0.15, 0.2) is 61.1 Å². The number of aryl methyl sites for hydroxylation is 1. The number of hydrogen-bond donors (Lipinski definition) is 0. The van der Waals surface area contributed by atoms with Crippen LogP contribution in [0.2, 0.25) is 0 Å². The molecule has 0 fully saturated rings. The van der Waals surface area contributed by atoms with E-state index in [4.69, 9.17) is 9.47 Å². The van der Waals surface area contributed by atoms with Crippen molar-refractivity contribution in [2.75, 3.05) is 13.7 Å². The SMILES string of the molecule is C/C=C1\C=C(c2cc3cccn3cn2)Oc2ccc(CCCOC)cc21. The Morgan fingerprint density at radius 3 is 3.00 bits per heavy atom. The number of methoxy groups -OCH3 is 1. The second-order valence-corrected chi connectivity index (χ2v) is 6.40. The smallest absolute Gasteiger partial charge is 0.153 e. The molecule has 2 aromatic heterocycles. The summed E-state index contributed by atoms with van der Waals surface area (Å²) in [4.78, 5) is 4.54. The van der Waals surface area contributed by atoms with Gasteiger partial charge in [0.1, 0.15) is 11.4 Å². The second kappa shape index (κ2) is 7.18. The molecule has 4 rings (SSSR count). The van der Waals surface area contributed by atoms with E-state index in [0.717, 1.165) is 53.3 Å². The topological polar surface area (TPSA) is 35.8 Å². The molecule has 26 heavy (non-hydrogen) atoms. The Balaban J connectivity index is 1.65. The van der Waals surface area contributed by atoms with E-state index < -0.39 is 0 Å². The fourth-order valence-corrected chi connectivity index (χ4v) is 3.27. The highest BCUT2D eigenvalue weighted by molar-refractivity contribution is 5.88. The van der Waals surface area contributed by atoms with Crippen LogP contribution < -0.4 is 4.74 Å². The Labute approximate surface area is 153 Å².